The number of aromatic nitrogens is 3. The molecule has 8 heteroatoms. The van der Waals surface area contributed by atoms with E-state index >= 15 is 0 Å². The number of rotatable bonds is 6. The van der Waals surface area contributed by atoms with Crippen LogP contribution in [0.3, 0.4) is 0 Å². The molecule has 0 radical (unpaired) electrons. The average Bonchev–Trinajstić information content (AvgIpc) is 3.28. The van der Waals surface area contributed by atoms with Gasteiger partial charge in [0, 0.05) is 50.3 Å². The Labute approximate surface area is 192 Å². The van der Waals surface area contributed by atoms with E-state index in [4.69, 9.17) is 0 Å². The van der Waals surface area contributed by atoms with E-state index in [0.29, 0.717) is 23.6 Å². The first kappa shape index (κ1) is 21.0. The van der Waals surface area contributed by atoms with Gasteiger partial charge in [0.25, 0.3) is 5.91 Å². The number of carbonyl (C=O) groups excluding carboxylic acids is 1. The van der Waals surface area contributed by atoms with Crippen LogP contribution in [0.4, 0.5) is 17.2 Å². The van der Waals surface area contributed by atoms with Gasteiger partial charge in [0.2, 0.25) is 0 Å². The molecule has 0 saturated carbocycles. The first-order valence-corrected chi connectivity index (χ1v) is 11.1. The van der Waals surface area contributed by atoms with Crippen LogP contribution in [-0.2, 0) is 6.54 Å². The molecule has 4 aromatic rings. The summed E-state index contributed by atoms with van der Waals surface area (Å²) in [5.74, 6) is 0.464. The van der Waals surface area contributed by atoms with Crippen molar-refractivity contribution in [1.82, 2.24) is 19.5 Å². The number of carbonyl (C=O) groups is 1. The maximum Gasteiger partial charge on any atom is 0.261 e. The molecular weight excluding hydrogens is 414 g/mol. The third kappa shape index (κ3) is 4.65. The van der Waals surface area contributed by atoms with E-state index in [0.717, 1.165) is 31.9 Å². The molecule has 2 aromatic heterocycles. The van der Waals surface area contributed by atoms with Crippen LogP contribution in [0.1, 0.15) is 15.9 Å². The van der Waals surface area contributed by atoms with Crippen molar-refractivity contribution in [3.05, 3.63) is 84.2 Å². The molecule has 0 aliphatic carbocycles. The summed E-state index contributed by atoms with van der Waals surface area (Å²) in [6.07, 6.45) is 3.36. The van der Waals surface area contributed by atoms with Gasteiger partial charge in [-0.15, -0.1) is 0 Å². The van der Waals surface area contributed by atoms with E-state index in [1.807, 2.05) is 42.6 Å². The first-order chi connectivity index (χ1) is 16.2. The van der Waals surface area contributed by atoms with Crippen LogP contribution in [0.2, 0.25) is 0 Å². The molecule has 0 unspecified atom stereocenters. The molecule has 3 heterocycles. The Balaban J connectivity index is 1.32. The van der Waals surface area contributed by atoms with E-state index in [1.54, 1.807) is 10.7 Å². The van der Waals surface area contributed by atoms with Crippen molar-refractivity contribution in [3.63, 3.8) is 0 Å². The monoisotopic (exact) mass is 441 g/mol. The number of piperazine rings is 1. The second-order valence-electron chi connectivity index (χ2n) is 8.23. The molecule has 1 aliphatic heterocycles. The second kappa shape index (κ2) is 9.30. The third-order valence-electron chi connectivity index (χ3n) is 5.94. The number of nitrogens with one attached hydrogen (secondary N) is 2. The van der Waals surface area contributed by atoms with Crippen molar-refractivity contribution in [3.8, 4) is 0 Å². The number of fused-ring (bicyclic) bond motifs is 1. The van der Waals surface area contributed by atoms with E-state index < -0.39 is 0 Å². The van der Waals surface area contributed by atoms with Gasteiger partial charge >= 0.3 is 0 Å². The molecule has 168 valence electrons. The van der Waals surface area contributed by atoms with Crippen molar-refractivity contribution in [2.45, 2.75) is 6.54 Å². The zero-order chi connectivity index (χ0) is 22.6. The lowest BCUT2D eigenvalue weighted by molar-refractivity contribution is 0.102. The summed E-state index contributed by atoms with van der Waals surface area (Å²) < 4.78 is 1.61. The number of benzene rings is 2. The van der Waals surface area contributed by atoms with Crippen molar-refractivity contribution in [1.29, 1.82) is 0 Å². The number of anilines is 3. The highest BCUT2D eigenvalue weighted by atomic mass is 16.1. The minimum atomic E-state index is -0.235. The van der Waals surface area contributed by atoms with E-state index in [1.165, 1.54) is 11.3 Å². The predicted octanol–water partition coefficient (Wildman–Crippen LogP) is 3.35. The molecule has 0 atom stereocenters. The summed E-state index contributed by atoms with van der Waals surface area (Å²) in [4.78, 5) is 22.3. The van der Waals surface area contributed by atoms with Crippen LogP contribution < -0.4 is 15.5 Å². The fourth-order valence-electron chi connectivity index (χ4n) is 4.05. The molecule has 0 spiro atoms. The highest BCUT2D eigenvalue weighted by molar-refractivity contribution is 6.08. The van der Waals surface area contributed by atoms with E-state index in [-0.39, 0.29) is 5.91 Å². The highest BCUT2D eigenvalue weighted by Crippen LogP contribution is 2.23. The van der Waals surface area contributed by atoms with Crippen LogP contribution in [0, 0.1) is 0 Å². The third-order valence-corrected chi connectivity index (χ3v) is 5.94. The first-order valence-electron chi connectivity index (χ1n) is 11.1. The Morgan fingerprint density at radius 1 is 0.970 bits per heavy atom. The molecule has 1 aliphatic rings. The Kier molecular flexibility index (Phi) is 5.91. The summed E-state index contributed by atoms with van der Waals surface area (Å²) >= 11 is 0. The second-order valence-corrected chi connectivity index (χ2v) is 8.23. The molecule has 33 heavy (non-hydrogen) atoms. The van der Waals surface area contributed by atoms with Crippen LogP contribution in [-0.4, -0.2) is 58.6 Å². The van der Waals surface area contributed by atoms with Crippen molar-refractivity contribution in [2.24, 2.45) is 0 Å². The van der Waals surface area contributed by atoms with Crippen molar-refractivity contribution < 1.29 is 4.79 Å². The predicted molar refractivity (Wildman–Crippen MR) is 131 cm³/mol. The Hall–Kier alpha value is -3.91. The van der Waals surface area contributed by atoms with Gasteiger partial charge in [0.05, 0.1) is 6.20 Å². The summed E-state index contributed by atoms with van der Waals surface area (Å²) in [5, 5.41) is 10.6. The number of hydrogen-bond acceptors (Lipinski definition) is 6. The molecule has 1 saturated heterocycles. The molecule has 2 aromatic carbocycles. The number of nitrogens with zero attached hydrogens (tertiary/aromatic N) is 5. The van der Waals surface area contributed by atoms with Crippen molar-refractivity contribution >= 4 is 28.7 Å². The molecule has 8 nitrogen and oxygen atoms in total. The topological polar surface area (TPSA) is 77.8 Å². The fraction of sp³-hybridized carbons (Fsp3) is 0.240. The summed E-state index contributed by atoms with van der Waals surface area (Å²) in [7, 11) is 2.16. The summed E-state index contributed by atoms with van der Waals surface area (Å²) in [5.41, 5.74) is 4.16. The quantitative estimate of drug-likeness (QED) is 0.478. The van der Waals surface area contributed by atoms with Gasteiger partial charge in [0.1, 0.15) is 11.4 Å². The van der Waals surface area contributed by atoms with Gasteiger partial charge in [-0.25, -0.2) is 9.50 Å². The fourth-order valence-corrected chi connectivity index (χ4v) is 4.05. The number of likely N-dealkylation sites (N-methyl/N-ethyl adjacent to an activating group) is 1. The van der Waals surface area contributed by atoms with Gasteiger partial charge in [0.15, 0.2) is 5.65 Å². The van der Waals surface area contributed by atoms with Crippen LogP contribution in [0.25, 0.3) is 5.65 Å². The lowest BCUT2D eigenvalue weighted by Gasteiger charge is -2.35. The lowest BCUT2D eigenvalue weighted by atomic mass is 10.1. The highest BCUT2D eigenvalue weighted by Gasteiger charge is 2.17. The molecule has 1 amide bonds. The van der Waals surface area contributed by atoms with Crippen molar-refractivity contribution in [2.75, 3.05) is 48.8 Å². The summed E-state index contributed by atoms with van der Waals surface area (Å²) in [6.45, 7) is 4.82. The minimum absolute atomic E-state index is 0.235. The van der Waals surface area contributed by atoms with Gasteiger partial charge in [-0.2, -0.15) is 5.10 Å². The van der Waals surface area contributed by atoms with E-state index in [9.17, 15) is 4.79 Å². The van der Waals surface area contributed by atoms with Crippen LogP contribution in [0.15, 0.2) is 73.1 Å². The maximum atomic E-state index is 12.8. The molecule has 5 rings (SSSR count). The average molecular weight is 442 g/mol. The smallest absolute Gasteiger partial charge is 0.261 e. The van der Waals surface area contributed by atoms with Crippen LogP contribution >= 0.6 is 0 Å². The molecule has 1 fully saturated rings. The molecular formula is C25H27N7O. The number of para-hydroxylation sites is 2. The van der Waals surface area contributed by atoms with Gasteiger partial charge in [-0.05, 0) is 36.9 Å². The van der Waals surface area contributed by atoms with Gasteiger partial charge in [-0.3, -0.25) is 4.79 Å². The number of hydrogen-bond donors (Lipinski definition) is 2. The Morgan fingerprint density at radius 2 is 1.73 bits per heavy atom. The number of amides is 1. The zero-order valence-electron chi connectivity index (χ0n) is 18.6. The Bertz CT molecular complexity index is 1250. The maximum absolute atomic E-state index is 12.8. The normalized spacial score (nSPS) is 14.4. The largest absolute Gasteiger partial charge is 0.369 e. The van der Waals surface area contributed by atoms with Gasteiger partial charge in [-0.1, -0.05) is 36.4 Å². The lowest BCUT2D eigenvalue weighted by Crippen LogP contribution is -2.44. The molecule has 2 N–H and O–H groups in total. The molecule has 0 bridgehead atoms. The zero-order valence-corrected chi connectivity index (χ0v) is 18.6. The van der Waals surface area contributed by atoms with Crippen LogP contribution in [0.5, 0.6) is 0 Å². The summed E-state index contributed by atoms with van der Waals surface area (Å²) in [6, 6.07) is 19.7. The minimum Gasteiger partial charge on any atom is -0.369 e. The Morgan fingerprint density at radius 3 is 2.55 bits per heavy atom. The SMILES string of the molecule is CN1CCN(c2ccccc2CNc2ccn3ncc(C(=O)Nc4ccccc4)c3n2)CC1. The standard InChI is InChI=1S/C25H27N7O/c1-30-13-15-31(16-14-30)22-10-6-5-7-19(22)17-26-23-11-12-32-24(29-23)21(18-27-32)25(33)28-20-8-3-2-4-9-20/h2-12,18H,13-17H2,1H3,(H,26,29)(H,28,33). The van der Waals surface area contributed by atoms with E-state index in [2.05, 4.69) is 61.8 Å². The van der Waals surface area contributed by atoms with Gasteiger partial charge < -0.3 is 20.4 Å².